The second-order valence-electron chi connectivity index (χ2n) is 6.01. The van der Waals surface area contributed by atoms with Crippen molar-refractivity contribution in [2.24, 2.45) is 17.3 Å². The van der Waals surface area contributed by atoms with Gasteiger partial charge in [-0.2, -0.15) is 0 Å². The molecule has 3 atom stereocenters. The maximum atomic E-state index is 11.3. The van der Waals surface area contributed by atoms with E-state index in [1.165, 1.54) is 31.1 Å². The largest absolute Gasteiger partial charge is 0.303 e. The van der Waals surface area contributed by atoms with Crippen molar-refractivity contribution < 1.29 is 4.79 Å². The number of rotatable bonds is 4. The van der Waals surface area contributed by atoms with E-state index >= 15 is 0 Å². The normalized spacial score (nSPS) is 34.5. The van der Waals surface area contributed by atoms with E-state index in [1.54, 1.807) is 0 Å². The number of carbonyl (C=O) groups excluding carboxylic acids is 1. The lowest BCUT2D eigenvalue weighted by Gasteiger charge is -2.42. The highest BCUT2D eigenvalue weighted by atomic mass is 16.1. The van der Waals surface area contributed by atoms with Gasteiger partial charge >= 0.3 is 0 Å². The van der Waals surface area contributed by atoms with E-state index in [4.69, 9.17) is 0 Å². The van der Waals surface area contributed by atoms with E-state index in [2.05, 4.69) is 33.8 Å². The van der Waals surface area contributed by atoms with Gasteiger partial charge in [0.1, 0.15) is 6.29 Å². The van der Waals surface area contributed by atoms with Crippen LogP contribution in [-0.4, -0.2) is 6.29 Å². The highest BCUT2D eigenvalue weighted by Crippen LogP contribution is 2.46. The van der Waals surface area contributed by atoms with E-state index in [0.717, 1.165) is 12.8 Å². The van der Waals surface area contributed by atoms with Gasteiger partial charge in [-0.1, -0.05) is 31.9 Å². The van der Waals surface area contributed by atoms with E-state index in [1.807, 2.05) is 0 Å². The van der Waals surface area contributed by atoms with Crippen molar-refractivity contribution in [2.45, 2.75) is 59.8 Å². The quantitative estimate of drug-likeness (QED) is 0.510. The van der Waals surface area contributed by atoms with Crippen molar-refractivity contribution in [3.8, 4) is 0 Å². The molecule has 1 rings (SSSR count). The molecule has 0 unspecified atom stereocenters. The SMILES string of the molecule is CC(C)=CCC[C@@]1(C)CCC[C@H](C)[C@H]1C=O. The molecule has 1 fully saturated rings. The molecular formula is C15H26O. The van der Waals surface area contributed by atoms with E-state index in [0.29, 0.717) is 5.92 Å². The van der Waals surface area contributed by atoms with Crippen molar-refractivity contribution in [2.75, 3.05) is 0 Å². The van der Waals surface area contributed by atoms with Gasteiger partial charge in [-0.3, -0.25) is 0 Å². The predicted octanol–water partition coefficient (Wildman–Crippen LogP) is 4.37. The molecule has 0 aromatic rings. The average Bonchev–Trinajstić information content (AvgIpc) is 2.17. The van der Waals surface area contributed by atoms with Gasteiger partial charge in [-0.05, 0) is 50.9 Å². The molecule has 1 aliphatic rings. The van der Waals surface area contributed by atoms with Gasteiger partial charge in [0.25, 0.3) is 0 Å². The average molecular weight is 222 g/mol. The van der Waals surface area contributed by atoms with Crippen LogP contribution < -0.4 is 0 Å². The van der Waals surface area contributed by atoms with Crippen LogP contribution >= 0.6 is 0 Å². The minimum Gasteiger partial charge on any atom is -0.303 e. The second-order valence-corrected chi connectivity index (χ2v) is 6.01. The zero-order chi connectivity index (χ0) is 12.2. The van der Waals surface area contributed by atoms with Gasteiger partial charge in [0.2, 0.25) is 0 Å². The third-order valence-corrected chi connectivity index (χ3v) is 4.24. The molecule has 0 heterocycles. The fourth-order valence-corrected chi connectivity index (χ4v) is 3.14. The van der Waals surface area contributed by atoms with Gasteiger partial charge in [0.15, 0.2) is 0 Å². The summed E-state index contributed by atoms with van der Waals surface area (Å²) in [5.74, 6) is 0.842. The van der Waals surface area contributed by atoms with Crippen LogP contribution in [0.4, 0.5) is 0 Å². The van der Waals surface area contributed by atoms with Gasteiger partial charge in [0.05, 0.1) is 0 Å². The Kier molecular flexibility index (Phi) is 4.76. The molecule has 0 N–H and O–H groups in total. The number of aldehydes is 1. The maximum absolute atomic E-state index is 11.3. The van der Waals surface area contributed by atoms with Gasteiger partial charge < -0.3 is 4.79 Å². The van der Waals surface area contributed by atoms with Gasteiger partial charge in [0, 0.05) is 5.92 Å². The zero-order valence-electron chi connectivity index (χ0n) is 11.3. The van der Waals surface area contributed by atoms with E-state index < -0.39 is 0 Å². The molecule has 1 saturated carbocycles. The minimum absolute atomic E-state index is 0.241. The Morgan fingerprint density at radius 3 is 2.69 bits per heavy atom. The third-order valence-electron chi connectivity index (χ3n) is 4.24. The Morgan fingerprint density at radius 1 is 1.44 bits per heavy atom. The minimum atomic E-state index is 0.241. The van der Waals surface area contributed by atoms with Crippen molar-refractivity contribution in [1.29, 1.82) is 0 Å². The van der Waals surface area contributed by atoms with Gasteiger partial charge in [-0.15, -0.1) is 0 Å². The molecular weight excluding hydrogens is 196 g/mol. The summed E-state index contributed by atoms with van der Waals surface area (Å²) in [6.45, 7) is 8.82. The molecule has 1 nitrogen and oxygen atoms in total. The second kappa shape index (κ2) is 5.65. The van der Waals surface area contributed by atoms with Crippen molar-refractivity contribution in [3.05, 3.63) is 11.6 Å². The highest BCUT2D eigenvalue weighted by molar-refractivity contribution is 5.55. The molecule has 0 aromatic heterocycles. The standard InChI is InChI=1S/C15H26O/c1-12(2)7-5-9-15(4)10-6-8-13(3)14(15)11-16/h7,11,13-14H,5-6,8-10H2,1-4H3/t13-,14+,15-/m0/s1. The molecule has 0 saturated heterocycles. The first kappa shape index (κ1) is 13.5. The molecule has 0 amide bonds. The fraction of sp³-hybridized carbons (Fsp3) is 0.800. The first-order valence-electron chi connectivity index (χ1n) is 6.58. The number of allylic oxidation sites excluding steroid dienone is 2. The lowest BCUT2D eigenvalue weighted by atomic mass is 9.62. The fourth-order valence-electron chi connectivity index (χ4n) is 3.14. The van der Waals surface area contributed by atoms with Crippen LogP contribution in [0.1, 0.15) is 59.8 Å². The molecule has 1 heteroatoms. The summed E-state index contributed by atoms with van der Waals surface area (Å²) < 4.78 is 0. The summed E-state index contributed by atoms with van der Waals surface area (Å²) in [6.07, 6.45) is 9.52. The number of carbonyl (C=O) groups is 1. The smallest absolute Gasteiger partial charge is 0.123 e. The molecule has 0 aromatic carbocycles. The van der Waals surface area contributed by atoms with Crippen LogP contribution in [0.5, 0.6) is 0 Å². The molecule has 92 valence electrons. The third kappa shape index (κ3) is 3.20. The summed E-state index contributed by atoms with van der Waals surface area (Å²) in [5, 5.41) is 0. The van der Waals surface area contributed by atoms with Crippen LogP contribution in [0.2, 0.25) is 0 Å². The number of hydrogen-bond acceptors (Lipinski definition) is 1. The Morgan fingerprint density at radius 2 is 2.12 bits per heavy atom. The predicted molar refractivity (Wildman–Crippen MR) is 69.3 cm³/mol. The van der Waals surface area contributed by atoms with Crippen molar-refractivity contribution >= 4 is 6.29 Å². The summed E-state index contributed by atoms with van der Waals surface area (Å²) in [7, 11) is 0. The summed E-state index contributed by atoms with van der Waals surface area (Å²) in [6, 6.07) is 0. The lowest BCUT2D eigenvalue weighted by molar-refractivity contribution is -0.118. The monoisotopic (exact) mass is 222 g/mol. The first-order valence-corrected chi connectivity index (χ1v) is 6.58. The first-order chi connectivity index (χ1) is 7.49. The summed E-state index contributed by atoms with van der Waals surface area (Å²) in [4.78, 5) is 11.3. The summed E-state index contributed by atoms with van der Waals surface area (Å²) >= 11 is 0. The topological polar surface area (TPSA) is 17.1 Å². The molecule has 0 radical (unpaired) electrons. The molecule has 0 aliphatic heterocycles. The van der Waals surface area contributed by atoms with Crippen LogP contribution in [-0.2, 0) is 4.79 Å². The maximum Gasteiger partial charge on any atom is 0.123 e. The van der Waals surface area contributed by atoms with Crippen molar-refractivity contribution in [1.82, 2.24) is 0 Å². The molecule has 0 bridgehead atoms. The lowest BCUT2D eigenvalue weighted by Crippen LogP contribution is -2.37. The summed E-state index contributed by atoms with van der Waals surface area (Å²) in [5.41, 5.74) is 1.63. The molecule has 16 heavy (non-hydrogen) atoms. The van der Waals surface area contributed by atoms with E-state index in [-0.39, 0.29) is 11.3 Å². The Hall–Kier alpha value is -0.590. The van der Waals surface area contributed by atoms with Crippen LogP contribution in [0.3, 0.4) is 0 Å². The van der Waals surface area contributed by atoms with Crippen molar-refractivity contribution in [3.63, 3.8) is 0 Å². The Balaban J connectivity index is 2.64. The number of hydrogen-bond donors (Lipinski definition) is 0. The Bertz CT molecular complexity index is 263. The van der Waals surface area contributed by atoms with Gasteiger partial charge in [-0.25, -0.2) is 0 Å². The van der Waals surface area contributed by atoms with Crippen LogP contribution in [0, 0.1) is 17.3 Å². The van der Waals surface area contributed by atoms with E-state index in [9.17, 15) is 4.79 Å². The zero-order valence-corrected chi connectivity index (χ0v) is 11.3. The molecule has 1 aliphatic carbocycles. The molecule has 0 spiro atoms. The van der Waals surface area contributed by atoms with Crippen LogP contribution in [0.15, 0.2) is 11.6 Å². The van der Waals surface area contributed by atoms with Crippen LogP contribution in [0.25, 0.3) is 0 Å². The Labute approximate surface area is 100 Å². The highest BCUT2D eigenvalue weighted by Gasteiger charge is 2.39.